The van der Waals surface area contributed by atoms with Gasteiger partial charge in [-0.05, 0) is 30.3 Å². The molecule has 2 heterocycles. The first-order valence-corrected chi connectivity index (χ1v) is 7.59. The van der Waals surface area contributed by atoms with Gasteiger partial charge in [-0.3, -0.25) is 4.79 Å². The molecule has 6 heteroatoms. The second-order valence-corrected chi connectivity index (χ2v) is 5.61. The molecule has 1 saturated heterocycles. The number of piperidine rings is 1. The molecule has 1 fully saturated rings. The Morgan fingerprint density at radius 1 is 1.18 bits per heavy atom. The summed E-state index contributed by atoms with van der Waals surface area (Å²) in [5.41, 5.74) is 0.665. The van der Waals surface area contributed by atoms with Crippen LogP contribution in [0.3, 0.4) is 0 Å². The second-order valence-electron chi connectivity index (χ2n) is 5.18. The molecule has 0 radical (unpaired) electrons. The van der Waals surface area contributed by atoms with Gasteiger partial charge < -0.3 is 9.64 Å². The highest BCUT2D eigenvalue weighted by Crippen LogP contribution is 2.19. The summed E-state index contributed by atoms with van der Waals surface area (Å²) in [5, 5.41) is 8.34. The van der Waals surface area contributed by atoms with Gasteiger partial charge in [-0.25, -0.2) is 0 Å². The maximum absolute atomic E-state index is 12.4. The third kappa shape index (κ3) is 3.54. The number of hydrogen-bond donors (Lipinski definition) is 0. The molecule has 1 aliphatic rings. The van der Waals surface area contributed by atoms with Crippen LogP contribution in [0, 0.1) is 0 Å². The first kappa shape index (κ1) is 14.8. The van der Waals surface area contributed by atoms with Crippen LogP contribution in [0.1, 0.15) is 23.2 Å². The molecule has 0 atom stereocenters. The second kappa shape index (κ2) is 6.75. The number of nitrogens with zero attached hydrogens (tertiary/aromatic N) is 3. The van der Waals surface area contributed by atoms with Crippen LogP contribution in [0.15, 0.2) is 42.6 Å². The van der Waals surface area contributed by atoms with Crippen molar-refractivity contribution in [2.75, 3.05) is 13.1 Å². The quantitative estimate of drug-likeness (QED) is 0.873. The van der Waals surface area contributed by atoms with Gasteiger partial charge in [-0.2, -0.15) is 5.10 Å². The van der Waals surface area contributed by atoms with Crippen LogP contribution in [0.4, 0.5) is 0 Å². The van der Waals surface area contributed by atoms with Crippen LogP contribution < -0.4 is 4.74 Å². The summed E-state index contributed by atoms with van der Waals surface area (Å²) in [6.45, 7) is 1.35. The lowest BCUT2D eigenvalue weighted by Crippen LogP contribution is -2.41. The van der Waals surface area contributed by atoms with Crippen LogP contribution in [-0.2, 0) is 0 Å². The van der Waals surface area contributed by atoms with Crippen LogP contribution in [0.5, 0.6) is 5.88 Å². The maximum Gasteiger partial charge on any atom is 0.253 e. The van der Waals surface area contributed by atoms with Gasteiger partial charge in [-0.1, -0.05) is 11.6 Å². The fourth-order valence-corrected chi connectivity index (χ4v) is 2.60. The molecule has 22 heavy (non-hydrogen) atoms. The molecule has 1 aromatic heterocycles. The van der Waals surface area contributed by atoms with Crippen molar-refractivity contribution in [3.8, 4) is 5.88 Å². The molecular formula is C16H16ClN3O2. The number of benzene rings is 1. The molecule has 5 nitrogen and oxygen atoms in total. The lowest BCUT2D eigenvalue weighted by molar-refractivity contribution is 0.0586. The average molecular weight is 318 g/mol. The lowest BCUT2D eigenvalue weighted by atomic mass is 10.1. The van der Waals surface area contributed by atoms with Crippen molar-refractivity contribution in [3.63, 3.8) is 0 Å². The molecule has 1 aliphatic heterocycles. The smallest absolute Gasteiger partial charge is 0.253 e. The standard InChI is InChI=1S/C16H16ClN3O2/c17-13-5-3-12(4-6-13)16(21)20-10-7-14(8-11-20)22-15-2-1-9-18-19-15/h1-6,9,14H,7-8,10-11H2. The van der Waals surface area contributed by atoms with Crippen LogP contribution in [0.25, 0.3) is 0 Å². The molecule has 1 amide bonds. The van der Waals surface area contributed by atoms with Gasteiger partial charge in [0.15, 0.2) is 0 Å². The van der Waals surface area contributed by atoms with Gasteiger partial charge in [0.25, 0.3) is 5.91 Å². The van der Waals surface area contributed by atoms with E-state index < -0.39 is 0 Å². The largest absolute Gasteiger partial charge is 0.473 e. The fourth-order valence-electron chi connectivity index (χ4n) is 2.47. The first-order chi connectivity index (χ1) is 10.7. The average Bonchev–Trinajstić information content (AvgIpc) is 2.57. The molecular weight excluding hydrogens is 302 g/mol. The summed E-state index contributed by atoms with van der Waals surface area (Å²) in [7, 11) is 0. The zero-order valence-electron chi connectivity index (χ0n) is 12.0. The van der Waals surface area contributed by atoms with E-state index in [1.54, 1.807) is 42.6 Å². The zero-order valence-corrected chi connectivity index (χ0v) is 12.7. The number of ether oxygens (including phenoxy) is 1. The SMILES string of the molecule is O=C(c1ccc(Cl)cc1)N1CCC(Oc2cccnn2)CC1. The van der Waals surface area contributed by atoms with Gasteiger partial charge in [-0.15, -0.1) is 5.10 Å². The van der Waals surface area contributed by atoms with Crippen molar-refractivity contribution < 1.29 is 9.53 Å². The molecule has 2 aromatic rings. The Hall–Kier alpha value is -2.14. The topological polar surface area (TPSA) is 55.3 Å². The predicted molar refractivity (Wildman–Crippen MR) is 83.0 cm³/mol. The van der Waals surface area contributed by atoms with Crippen molar-refractivity contribution in [2.24, 2.45) is 0 Å². The number of carbonyl (C=O) groups is 1. The normalized spacial score (nSPS) is 15.6. The summed E-state index contributed by atoms with van der Waals surface area (Å²) in [6, 6.07) is 10.6. The molecule has 0 N–H and O–H groups in total. The summed E-state index contributed by atoms with van der Waals surface area (Å²) in [6.07, 6.45) is 3.26. The number of amides is 1. The molecule has 3 rings (SSSR count). The molecule has 0 aliphatic carbocycles. The van der Waals surface area contributed by atoms with Crippen molar-refractivity contribution in [1.29, 1.82) is 0 Å². The van der Waals surface area contributed by atoms with Gasteiger partial charge in [0.1, 0.15) is 6.10 Å². The minimum absolute atomic E-state index is 0.0367. The van der Waals surface area contributed by atoms with Crippen molar-refractivity contribution in [1.82, 2.24) is 15.1 Å². The van der Waals surface area contributed by atoms with E-state index >= 15 is 0 Å². The molecule has 114 valence electrons. The summed E-state index contributed by atoms with van der Waals surface area (Å²) in [5.74, 6) is 0.569. The predicted octanol–water partition coefficient (Wildman–Crippen LogP) is 2.81. The van der Waals surface area contributed by atoms with E-state index in [0.717, 1.165) is 12.8 Å². The number of hydrogen-bond acceptors (Lipinski definition) is 4. The number of rotatable bonds is 3. The molecule has 0 saturated carbocycles. The highest BCUT2D eigenvalue weighted by molar-refractivity contribution is 6.30. The highest BCUT2D eigenvalue weighted by atomic mass is 35.5. The van der Waals surface area contributed by atoms with E-state index in [1.165, 1.54) is 0 Å². The van der Waals surface area contributed by atoms with Crippen LogP contribution in [-0.4, -0.2) is 40.2 Å². The number of likely N-dealkylation sites (tertiary alicyclic amines) is 1. The Morgan fingerprint density at radius 3 is 2.55 bits per heavy atom. The summed E-state index contributed by atoms with van der Waals surface area (Å²) < 4.78 is 5.78. The van der Waals surface area contributed by atoms with E-state index in [0.29, 0.717) is 29.6 Å². The highest BCUT2D eigenvalue weighted by Gasteiger charge is 2.24. The van der Waals surface area contributed by atoms with Crippen molar-refractivity contribution in [3.05, 3.63) is 53.2 Å². The Morgan fingerprint density at radius 2 is 1.91 bits per heavy atom. The van der Waals surface area contributed by atoms with Crippen LogP contribution >= 0.6 is 11.6 Å². The molecule has 0 unspecified atom stereocenters. The first-order valence-electron chi connectivity index (χ1n) is 7.21. The molecule has 0 spiro atoms. The van der Waals surface area contributed by atoms with E-state index in [-0.39, 0.29) is 12.0 Å². The van der Waals surface area contributed by atoms with E-state index in [1.807, 2.05) is 4.90 Å². The Labute approximate surface area is 133 Å². The van der Waals surface area contributed by atoms with E-state index in [2.05, 4.69) is 10.2 Å². The van der Waals surface area contributed by atoms with Gasteiger partial charge in [0.05, 0.1) is 0 Å². The lowest BCUT2D eigenvalue weighted by Gasteiger charge is -2.31. The van der Waals surface area contributed by atoms with Crippen LogP contribution in [0.2, 0.25) is 5.02 Å². The third-order valence-corrected chi connectivity index (χ3v) is 3.91. The Kier molecular flexibility index (Phi) is 4.53. The summed E-state index contributed by atoms with van der Waals surface area (Å²) >= 11 is 5.85. The van der Waals surface area contributed by atoms with Gasteiger partial charge >= 0.3 is 0 Å². The number of carbonyl (C=O) groups excluding carboxylic acids is 1. The van der Waals surface area contributed by atoms with E-state index in [4.69, 9.17) is 16.3 Å². The zero-order chi connectivity index (χ0) is 15.4. The fraction of sp³-hybridized carbons (Fsp3) is 0.312. The third-order valence-electron chi connectivity index (χ3n) is 3.66. The summed E-state index contributed by atoms with van der Waals surface area (Å²) in [4.78, 5) is 14.2. The maximum atomic E-state index is 12.4. The number of aromatic nitrogens is 2. The minimum Gasteiger partial charge on any atom is -0.473 e. The van der Waals surface area contributed by atoms with Crippen molar-refractivity contribution >= 4 is 17.5 Å². The Bertz CT molecular complexity index is 626. The Balaban J connectivity index is 1.55. The van der Waals surface area contributed by atoms with Crippen molar-refractivity contribution in [2.45, 2.75) is 18.9 Å². The monoisotopic (exact) mass is 317 g/mol. The molecule has 0 bridgehead atoms. The van der Waals surface area contributed by atoms with Gasteiger partial charge in [0, 0.05) is 48.8 Å². The minimum atomic E-state index is 0.0367. The number of halogens is 1. The van der Waals surface area contributed by atoms with E-state index in [9.17, 15) is 4.79 Å². The molecule has 1 aromatic carbocycles. The van der Waals surface area contributed by atoms with Gasteiger partial charge in [0.2, 0.25) is 5.88 Å².